The van der Waals surface area contributed by atoms with E-state index < -0.39 is 0 Å². The Morgan fingerprint density at radius 3 is 2.54 bits per heavy atom. The van der Waals surface area contributed by atoms with E-state index >= 15 is 0 Å². The number of nitrogens with zero attached hydrogens (tertiary/aromatic N) is 2. The lowest BCUT2D eigenvalue weighted by Crippen LogP contribution is -2.32. The zero-order valence-corrected chi connectivity index (χ0v) is 16.7. The fourth-order valence-corrected chi connectivity index (χ4v) is 2.22. The van der Waals surface area contributed by atoms with Gasteiger partial charge in [-0.15, -0.1) is 0 Å². The fourth-order valence-electron chi connectivity index (χ4n) is 2.22. The second-order valence-electron chi connectivity index (χ2n) is 7.15. The van der Waals surface area contributed by atoms with Crippen LogP contribution in [0.2, 0.25) is 0 Å². The molecule has 0 saturated carbocycles. The lowest BCUT2D eigenvalue weighted by Gasteiger charge is -2.17. The summed E-state index contributed by atoms with van der Waals surface area (Å²) < 4.78 is 4.55. The van der Waals surface area contributed by atoms with Crippen LogP contribution in [0.5, 0.6) is 0 Å². The normalized spacial score (nSPS) is 17.9. The highest BCUT2D eigenvalue weighted by atomic mass is 16.6. The van der Waals surface area contributed by atoms with Crippen LogP contribution in [0.15, 0.2) is 5.16 Å². The van der Waals surface area contributed by atoms with Crippen molar-refractivity contribution < 1.29 is 19.2 Å². The molecule has 9 heteroatoms. The number of likely N-dealkylation sites (N-methyl/N-ethyl adjacent to an activating group) is 1. The molecule has 1 aliphatic heterocycles. The van der Waals surface area contributed by atoms with Crippen LogP contribution in [0.25, 0.3) is 0 Å². The van der Waals surface area contributed by atoms with Gasteiger partial charge in [-0.2, -0.15) is 0 Å². The Hall–Kier alpha value is -1.71. The van der Waals surface area contributed by atoms with E-state index in [0.29, 0.717) is 31.3 Å². The fraction of sp³-hybridized carbons (Fsp3) is 0.824. The quantitative estimate of drug-likeness (QED) is 0.176. The molecular formula is C17H35N5O4. The summed E-state index contributed by atoms with van der Waals surface area (Å²) >= 11 is 0. The van der Waals surface area contributed by atoms with Gasteiger partial charge in [0.1, 0.15) is 12.2 Å². The smallest absolute Gasteiger partial charge is 0.293 e. The van der Waals surface area contributed by atoms with Gasteiger partial charge >= 0.3 is 0 Å². The number of hydrogen-bond acceptors (Lipinski definition) is 8. The highest BCUT2D eigenvalue weighted by Gasteiger charge is 2.21. The molecule has 0 aromatic rings. The van der Waals surface area contributed by atoms with Crippen molar-refractivity contribution in [3.63, 3.8) is 0 Å². The predicted octanol–water partition coefficient (Wildman–Crippen LogP) is 0.401. The largest absolute Gasteiger partial charge is 0.462 e. The zero-order valence-electron chi connectivity index (χ0n) is 16.7. The van der Waals surface area contributed by atoms with Crippen LogP contribution in [0.1, 0.15) is 46.5 Å². The van der Waals surface area contributed by atoms with Gasteiger partial charge in [0.15, 0.2) is 0 Å². The van der Waals surface area contributed by atoms with Crippen molar-refractivity contribution in [2.75, 3.05) is 33.8 Å². The molecule has 26 heavy (non-hydrogen) atoms. The van der Waals surface area contributed by atoms with Gasteiger partial charge in [-0.25, -0.2) is 5.84 Å². The first-order valence-electron chi connectivity index (χ1n) is 8.87. The monoisotopic (exact) mass is 373 g/mol. The molecular weight excluding hydrogens is 338 g/mol. The molecule has 0 spiro atoms. The van der Waals surface area contributed by atoms with Gasteiger partial charge < -0.3 is 14.9 Å². The van der Waals surface area contributed by atoms with Crippen LogP contribution in [-0.4, -0.2) is 68.4 Å². The number of nitrogens with two attached hydrogens (primary N) is 1. The van der Waals surface area contributed by atoms with Gasteiger partial charge in [0.2, 0.25) is 5.91 Å². The first-order chi connectivity index (χ1) is 12.2. The average Bonchev–Trinajstić information content (AvgIpc) is 2.97. The van der Waals surface area contributed by atoms with E-state index in [1.165, 1.54) is 6.42 Å². The Labute approximate surface area is 156 Å². The van der Waals surface area contributed by atoms with Crippen molar-refractivity contribution in [3.8, 4) is 0 Å². The van der Waals surface area contributed by atoms with Gasteiger partial charge in [-0.3, -0.25) is 19.9 Å². The maximum atomic E-state index is 11.3. The van der Waals surface area contributed by atoms with Crippen molar-refractivity contribution in [1.29, 1.82) is 0 Å². The highest BCUT2D eigenvalue weighted by Crippen LogP contribution is 2.14. The number of rotatable bonds is 9. The molecule has 1 unspecified atom stereocenters. The van der Waals surface area contributed by atoms with Crippen molar-refractivity contribution in [1.82, 2.24) is 15.6 Å². The minimum Gasteiger partial charge on any atom is -0.462 e. The minimum atomic E-state index is -0.318. The first kappa shape index (κ1) is 24.3. The van der Waals surface area contributed by atoms with E-state index in [9.17, 15) is 9.59 Å². The first-order valence-corrected chi connectivity index (χ1v) is 8.87. The van der Waals surface area contributed by atoms with E-state index in [-0.39, 0.29) is 17.9 Å². The number of carbonyl (C=O) groups excluding carboxylic acids is 2. The van der Waals surface area contributed by atoms with Gasteiger partial charge in [-0.05, 0) is 54.3 Å². The SMILES string of the molecule is CC(C)(C)OC=O.CNCC/C(CC(=O)NN)=N\OCC1CCCN1C. The molecule has 1 heterocycles. The predicted molar refractivity (Wildman–Crippen MR) is 101 cm³/mol. The summed E-state index contributed by atoms with van der Waals surface area (Å²) in [4.78, 5) is 28.5. The minimum absolute atomic E-state index is 0.179. The third-order valence-electron chi connectivity index (χ3n) is 3.72. The lowest BCUT2D eigenvalue weighted by molar-refractivity contribution is -0.138. The van der Waals surface area contributed by atoms with E-state index in [1.54, 1.807) is 0 Å². The van der Waals surface area contributed by atoms with Crippen molar-refractivity contribution >= 4 is 18.1 Å². The second kappa shape index (κ2) is 13.5. The molecule has 0 aromatic heterocycles. The van der Waals surface area contributed by atoms with Gasteiger partial charge in [0.05, 0.1) is 12.1 Å². The number of likely N-dealkylation sites (tertiary alicyclic amines) is 1. The highest BCUT2D eigenvalue weighted by molar-refractivity contribution is 6.00. The van der Waals surface area contributed by atoms with Crippen LogP contribution in [0.4, 0.5) is 0 Å². The second-order valence-corrected chi connectivity index (χ2v) is 7.15. The summed E-state index contributed by atoms with van der Waals surface area (Å²) in [5, 5.41) is 7.10. The zero-order chi connectivity index (χ0) is 20.0. The summed E-state index contributed by atoms with van der Waals surface area (Å²) in [6.07, 6.45) is 3.20. The molecule has 9 nitrogen and oxygen atoms in total. The molecule has 1 rings (SSSR count). The third kappa shape index (κ3) is 12.6. The van der Waals surface area contributed by atoms with Gasteiger partial charge in [0.25, 0.3) is 6.47 Å². The van der Waals surface area contributed by atoms with Crippen LogP contribution < -0.4 is 16.6 Å². The molecule has 4 N–H and O–H groups in total. The van der Waals surface area contributed by atoms with E-state index in [2.05, 4.69) is 32.6 Å². The topological polar surface area (TPSA) is 118 Å². The lowest BCUT2D eigenvalue weighted by atomic mass is 10.2. The number of ether oxygens (including phenoxy) is 1. The molecule has 1 amide bonds. The Morgan fingerprint density at radius 2 is 2.12 bits per heavy atom. The molecule has 0 radical (unpaired) electrons. The Balaban J connectivity index is 0.000000758. The summed E-state index contributed by atoms with van der Waals surface area (Å²) in [6.45, 7) is 8.36. The Kier molecular flexibility index (Phi) is 12.6. The summed E-state index contributed by atoms with van der Waals surface area (Å²) in [5.74, 6) is 4.82. The molecule has 1 aliphatic rings. The van der Waals surface area contributed by atoms with Gasteiger partial charge in [-0.1, -0.05) is 5.16 Å². The summed E-state index contributed by atoms with van der Waals surface area (Å²) in [6, 6.07) is 0.428. The van der Waals surface area contributed by atoms with Crippen LogP contribution >= 0.6 is 0 Å². The Bertz CT molecular complexity index is 437. The standard InChI is InChI=1S/C12H25N5O2.C5H10O2/c1-14-6-5-10(8-12(18)15-13)16-19-9-11-4-3-7-17(11)2;1-5(2,3)7-4-6/h11,14H,3-9,13H2,1-2H3,(H,15,18);4H,1-3H3/b16-10+;. The maximum absolute atomic E-state index is 11.3. The summed E-state index contributed by atoms with van der Waals surface area (Å²) in [5.41, 5.74) is 2.50. The molecule has 0 aromatic carbocycles. The average molecular weight is 373 g/mol. The molecule has 1 fully saturated rings. The van der Waals surface area contributed by atoms with Crippen molar-refractivity contribution in [2.45, 2.75) is 58.1 Å². The van der Waals surface area contributed by atoms with Crippen molar-refractivity contribution in [3.05, 3.63) is 0 Å². The van der Waals surface area contributed by atoms with Crippen LogP contribution in [0.3, 0.4) is 0 Å². The Morgan fingerprint density at radius 1 is 1.42 bits per heavy atom. The molecule has 0 aliphatic carbocycles. The molecule has 152 valence electrons. The molecule has 1 saturated heterocycles. The number of nitrogens with one attached hydrogen (secondary N) is 2. The van der Waals surface area contributed by atoms with Crippen molar-refractivity contribution in [2.24, 2.45) is 11.0 Å². The molecule has 1 atom stereocenters. The molecule has 0 bridgehead atoms. The van der Waals surface area contributed by atoms with Crippen LogP contribution in [-0.2, 0) is 19.2 Å². The van der Waals surface area contributed by atoms with Crippen LogP contribution in [0, 0.1) is 0 Å². The van der Waals surface area contributed by atoms with E-state index in [1.807, 2.05) is 27.8 Å². The van der Waals surface area contributed by atoms with E-state index in [4.69, 9.17) is 10.7 Å². The number of oxime groups is 1. The van der Waals surface area contributed by atoms with E-state index in [0.717, 1.165) is 19.5 Å². The third-order valence-corrected chi connectivity index (χ3v) is 3.72. The number of amides is 1. The number of carbonyl (C=O) groups is 2. The number of hydrazine groups is 1. The summed E-state index contributed by atoms with van der Waals surface area (Å²) in [7, 11) is 3.95. The number of hydrogen-bond donors (Lipinski definition) is 3. The maximum Gasteiger partial charge on any atom is 0.293 e. The van der Waals surface area contributed by atoms with Gasteiger partial charge in [0, 0.05) is 19.0 Å².